The Hall–Kier alpha value is -1.79. The fourth-order valence-electron chi connectivity index (χ4n) is 3.20. The average Bonchev–Trinajstić information content (AvgIpc) is 3.16. The summed E-state index contributed by atoms with van der Waals surface area (Å²) in [5.74, 6) is -2.77. The van der Waals surface area contributed by atoms with Crippen molar-refractivity contribution in [2.75, 3.05) is 24.5 Å². The van der Waals surface area contributed by atoms with Crippen LogP contribution in [0.2, 0.25) is 10.0 Å². The number of hydrogen-bond acceptors (Lipinski definition) is 3. The number of benzene rings is 1. The molecule has 0 aliphatic carbocycles. The number of carbonyl (C=O) groups excluding carboxylic acids is 2. The van der Waals surface area contributed by atoms with Crippen LogP contribution in [-0.4, -0.2) is 47.4 Å². The van der Waals surface area contributed by atoms with Crippen LogP contribution in [0, 0.1) is 11.8 Å². The summed E-state index contributed by atoms with van der Waals surface area (Å²) in [6.45, 7) is 0.973. The van der Waals surface area contributed by atoms with Crippen LogP contribution in [0.1, 0.15) is 12.8 Å². The zero-order chi connectivity index (χ0) is 17.4. The quantitative estimate of drug-likeness (QED) is 0.827. The largest absolute Gasteiger partial charge is 0.481 e. The summed E-state index contributed by atoms with van der Waals surface area (Å²) in [5, 5.41) is 9.78. The number of aliphatic carboxylic acids is 1. The highest BCUT2D eigenvalue weighted by molar-refractivity contribution is 6.42. The molecule has 2 aliphatic heterocycles. The van der Waals surface area contributed by atoms with Gasteiger partial charge in [-0.05, 0) is 31.0 Å². The minimum Gasteiger partial charge on any atom is -0.481 e. The molecule has 128 valence electrons. The van der Waals surface area contributed by atoms with Crippen LogP contribution in [0.5, 0.6) is 0 Å². The van der Waals surface area contributed by atoms with Gasteiger partial charge in [-0.15, -0.1) is 0 Å². The summed E-state index contributed by atoms with van der Waals surface area (Å²) in [4.78, 5) is 39.2. The second kappa shape index (κ2) is 6.61. The average molecular weight is 371 g/mol. The Balaban J connectivity index is 1.71. The predicted octanol–water partition coefficient (Wildman–Crippen LogP) is 2.28. The molecule has 2 unspecified atom stereocenters. The minimum absolute atomic E-state index is 0.171. The number of amides is 2. The molecule has 2 saturated heterocycles. The van der Waals surface area contributed by atoms with E-state index in [0.717, 1.165) is 0 Å². The van der Waals surface area contributed by atoms with Gasteiger partial charge < -0.3 is 14.9 Å². The third-order valence-corrected chi connectivity index (χ3v) is 5.31. The Bertz CT molecular complexity index is 709. The molecule has 2 amide bonds. The summed E-state index contributed by atoms with van der Waals surface area (Å²) >= 11 is 11.9. The van der Waals surface area contributed by atoms with E-state index in [1.54, 1.807) is 18.2 Å². The van der Waals surface area contributed by atoms with E-state index in [1.165, 1.54) is 9.80 Å². The van der Waals surface area contributed by atoms with Gasteiger partial charge >= 0.3 is 5.97 Å². The first-order valence-corrected chi connectivity index (χ1v) is 8.42. The number of carboxylic acids is 1. The maximum Gasteiger partial charge on any atom is 0.308 e. The summed E-state index contributed by atoms with van der Waals surface area (Å²) in [6.07, 6.45) is 0.838. The Labute approximate surface area is 148 Å². The maximum atomic E-state index is 12.6. The lowest BCUT2D eigenvalue weighted by molar-refractivity contribution is -0.142. The highest BCUT2D eigenvalue weighted by Crippen LogP contribution is 2.32. The van der Waals surface area contributed by atoms with Crippen LogP contribution in [-0.2, 0) is 14.4 Å². The van der Waals surface area contributed by atoms with Crippen LogP contribution in [0.3, 0.4) is 0 Å². The van der Waals surface area contributed by atoms with E-state index in [-0.39, 0.29) is 18.4 Å². The zero-order valence-corrected chi connectivity index (χ0v) is 14.3. The van der Waals surface area contributed by atoms with E-state index in [2.05, 4.69) is 0 Å². The number of anilines is 1. The molecule has 2 fully saturated rings. The van der Waals surface area contributed by atoms with E-state index in [4.69, 9.17) is 28.3 Å². The Morgan fingerprint density at radius 1 is 1.12 bits per heavy atom. The minimum atomic E-state index is -0.902. The lowest BCUT2D eigenvalue weighted by Gasteiger charge is -2.21. The molecule has 24 heavy (non-hydrogen) atoms. The monoisotopic (exact) mass is 370 g/mol. The van der Waals surface area contributed by atoms with Crippen molar-refractivity contribution < 1.29 is 19.5 Å². The Morgan fingerprint density at radius 3 is 2.50 bits per heavy atom. The fourth-order valence-corrected chi connectivity index (χ4v) is 3.49. The SMILES string of the molecule is O=C(O)C1CCN(C(=O)C2CCN(c3ccc(Cl)c(Cl)c3)C2=O)C1. The number of halogens is 2. The molecule has 0 bridgehead atoms. The fraction of sp³-hybridized carbons (Fsp3) is 0.438. The lowest BCUT2D eigenvalue weighted by atomic mass is 10.1. The molecule has 0 radical (unpaired) electrons. The smallest absolute Gasteiger partial charge is 0.308 e. The van der Waals surface area contributed by atoms with Crippen molar-refractivity contribution in [2.45, 2.75) is 12.8 Å². The van der Waals surface area contributed by atoms with E-state index in [1.807, 2.05) is 0 Å². The molecule has 0 aromatic heterocycles. The number of nitrogens with zero attached hydrogens (tertiary/aromatic N) is 2. The third-order valence-electron chi connectivity index (χ3n) is 4.57. The van der Waals surface area contributed by atoms with Crippen LogP contribution >= 0.6 is 23.2 Å². The number of rotatable bonds is 3. The van der Waals surface area contributed by atoms with Crippen molar-refractivity contribution in [3.05, 3.63) is 28.2 Å². The molecule has 0 saturated carbocycles. The van der Waals surface area contributed by atoms with Crippen LogP contribution in [0.4, 0.5) is 5.69 Å². The third kappa shape index (κ3) is 3.08. The van der Waals surface area contributed by atoms with Crippen molar-refractivity contribution in [3.63, 3.8) is 0 Å². The summed E-state index contributed by atoms with van der Waals surface area (Å²) in [6, 6.07) is 4.90. The van der Waals surface area contributed by atoms with E-state index < -0.39 is 17.8 Å². The lowest BCUT2D eigenvalue weighted by Crippen LogP contribution is -2.39. The number of hydrogen-bond donors (Lipinski definition) is 1. The van der Waals surface area contributed by atoms with Crippen LogP contribution in [0.25, 0.3) is 0 Å². The molecular formula is C16H16Cl2N2O4. The Morgan fingerprint density at radius 2 is 1.88 bits per heavy atom. The van der Waals surface area contributed by atoms with Gasteiger partial charge in [0.2, 0.25) is 11.8 Å². The standard InChI is InChI=1S/C16H16Cl2N2O4/c17-12-2-1-10(7-13(12)18)20-6-4-11(15(20)22)14(21)19-5-3-9(8-19)16(23)24/h1-2,7,9,11H,3-6,8H2,(H,23,24). The predicted molar refractivity (Wildman–Crippen MR) is 89.2 cm³/mol. The summed E-state index contributed by atoms with van der Waals surface area (Å²) < 4.78 is 0. The number of carboxylic acid groups (broad SMARTS) is 1. The second-order valence-electron chi connectivity index (χ2n) is 6.04. The molecule has 8 heteroatoms. The zero-order valence-electron chi connectivity index (χ0n) is 12.7. The van der Waals surface area contributed by atoms with Gasteiger partial charge in [0.25, 0.3) is 0 Å². The molecule has 3 rings (SSSR count). The first-order chi connectivity index (χ1) is 11.4. The second-order valence-corrected chi connectivity index (χ2v) is 6.85. The molecule has 0 spiro atoms. The van der Waals surface area contributed by atoms with Gasteiger partial charge in [0.15, 0.2) is 0 Å². The highest BCUT2D eigenvalue weighted by Gasteiger charge is 2.42. The summed E-state index contributed by atoms with van der Waals surface area (Å²) in [5.41, 5.74) is 0.606. The van der Waals surface area contributed by atoms with Gasteiger partial charge in [-0.2, -0.15) is 0 Å². The topological polar surface area (TPSA) is 77.9 Å². The normalized spacial score (nSPS) is 23.8. The van der Waals surface area contributed by atoms with E-state index >= 15 is 0 Å². The van der Waals surface area contributed by atoms with Gasteiger partial charge in [0, 0.05) is 25.3 Å². The van der Waals surface area contributed by atoms with Gasteiger partial charge in [-0.25, -0.2) is 0 Å². The van der Waals surface area contributed by atoms with Gasteiger partial charge in [-0.1, -0.05) is 23.2 Å². The van der Waals surface area contributed by atoms with Crippen molar-refractivity contribution in [3.8, 4) is 0 Å². The summed E-state index contributed by atoms with van der Waals surface area (Å²) in [7, 11) is 0. The molecular weight excluding hydrogens is 355 g/mol. The van der Waals surface area contributed by atoms with Crippen LogP contribution in [0.15, 0.2) is 18.2 Å². The molecule has 2 atom stereocenters. The van der Waals surface area contributed by atoms with E-state index in [0.29, 0.717) is 41.7 Å². The number of likely N-dealkylation sites (tertiary alicyclic amines) is 1. The Kier molecular flexibility index (Phi) is 4.69. The van der Waals surface area contributed by atoms with Gasteiger partial charge in [0.05, 0.1) is 16.0 Å². The van der Waals surface area contributed by atoms with Gasteiger partial charge in [0.1, 0.15) is 5.92 Å². The molecule has 2 heterocycles. The first kappa shape index (κ1) is 17.0. The van der Waals surface area contributed by atoms with Crippen molar-refractivity contribution in [1.29, 1.82) is 0 Å². The maximum absolute atomic E-state index is 12.6. The van der Waals surface area contributed by atoms with E-state index in [9.17, 15) is 14.4 Å². The van der Waals surface area contributed by atoms with Crippen molar-refractivity contribution >= 4 is 46.7 Å². The van der Waals surface area contributed by atoms with Crippen molar-refractivity contribution in [2.24, 2.45) is 11.8 Å². The first-order valence-electron chi connectivity index (χ1n) is 7.66. The molecule has 1 aromatic rings. The van der Waals surface area contributed by atoms with Crippen LogP contribution < -0.4 is 4.90 Å². The molecule has 1 aromatic carbocycles. The molecule has 1 N–H and O–H groups in total. The molecule has 6 nitrogen and oxygen atoms in total. The van der Waals surface area contributed by atoms with Gasteiger partial charge in [-0.3, -0.25) is 14.4 Å². The highest BCUT2D eigenvalue weighted by atomic mass is 35.5. The molecule has 2 aliphatic rings. The van der Waals surface area contributed by atoms with Crippen molar-refractivity contribution in [1.82, 2.24) is 4.90 Å². The number of carbonyl (C=O) groups is 3.